The predicted molar refractivity (Wildman–Crippen MR) is 78.6 cm³/mol. The van der Waals surface area contributed by atoms with Crippen LogP contribution in [0.3, 0.4) is 0 Å². The van der Waals surface area contributed by atoms with Crippen molar-refractivity contribution < 1.29 is 4.39 Å². The molecule has 0 aliphatic heterocycles. The van der Waals surface area contributed by atoms with Crippen LogP contribution in [0.5, 0.6) is 0 Å². The number of hydrogen-bond donors (Lipinski definition) is 1. The molecule has 1 aromatic carbocycles. The monoisotopic (exact) mass is 285 g/mol. The summed E-state index contributed by atoms with van der Waals surface area (Å²) in [6.07, 6.45) is 1.20. The van der Waals surface area contributed by atoms with E-state index >= 15 is 0 Å². The summed E-state index contributed by atoms with van der Waals surface area (Å²) in [6.45, 7) is 0.420. The van der Waals surface area contributed by atoms with Gasteiger partial charge in [-0.1, -0.05) is 30.3 Å². The molecule has 3 nitrogen and oxygen atoms in total. The van der Waals surface area contributed by atoms with E-state index in [0.717, 1.165) is 21.1 Å². The molecule has 5 heteroatoms. The Balaban J connectivity index is 2.07. The van der Waals surface area contributed by atoms with E-state index in [1.165, 1.54) is 23.6 Å². The van der Waals surface area contributed by atoms with Crippen LogP contribution in [0.15, 0.2) is 48.7 Å². The highest BCUT2D eigenvalue weighted by Gasteiger charge is 2.13. The maximum absolute atomic E-state index is 12.9. The molecule has 0 radical (unpaired) electrons. The lowest BCUT2D eigenvalue weighted by molar-refractivity contribution is 0.622. The van der Waals surface area contributed by atoms with Gasteiger partial charge in [-0.15, -0.1) is 11.3 Å². The van der Waals surface area contributed by atoms with Crippen LogP contribution in [0.4, 0.5) is 4.39 Å². The molecule has 0 amide bonds. The number of rotatable bonds is 3. The highest BCUT2D eigenvalue weighted by Crippen LogP contribution is 2.32. The molecule has 0 atom stereocenters. The van der Waals surface area contributed by atoms with Gasteiger partial charge in [0.15, 0.2) is 0 Å². The third-order valence-electron chi connectivity index (χ3n) is 2.88. The van der Waals surface area contributed by atoms with Crippen LogP contribution in [0, 0.1) is 5.82 Å². The second-order valence-electron chi connectivity index (χ2n) is 4.22. The Labute approximate surface area is 119 Å². The van der Waals surface area contributed by atoms with Crippen molar-refractivity contribution in [2.24, 2.45) is 5.73 Å². The van der Waals surface area contributed by atoms with E-state index in [1.807, 2.05) is 30.3 Å². The van der Waals surface area contributed by atoms with Crippen LogP contribution in [0.1, 0.15) is 4.88 Å². The molecule has 0 aliphatic rings. The van der Waals surface area contributed by atoms with Gasteiger partial charge < -0.3 is 5.73 Å². The van der Waals surface area contributed by atoms with Gasteiger partial charge in [-0.3, -0.25) is 4.98 Å². The van der Waals surface area contributed by atoms with E-state index in [9.17, 15) is 4.39 Å². The Kier molecular flexibility index (Phi) is 3.54. The molecule has 0 bridgehead atoms. The third-order valence-corrected chi connectivity index (χ3v) is 3.98. The maximum Gasteiger partial charge on any atom is 0.142 e. The highest BCUT2D eigenvalue weighted by molar-refractivity contribution is 7.15. The summed E-state index contributed by atoms with van der Waals surface area (Å²) in [4.78, 5) is 9.67. The van der Waals surface area contributed by atoms with Gasteiger partial charge in [0.2, 0.25) is 0 Å². The highest BCUT2D eigenvalue weighted by atomic mass is 32.1. The minimum Gasteiger partial charge on any atom is -0.326 e. The predicted octanol–water partition coefficient (Wildman–Crippen LogP) is 3.47. The van der Waals surface area contributed by atoms with E-state index in [4.69, 9.17) is 5.73 Å². The van der Waals surface area contributed by atoms with Crippen LogP contribution in [0.2, 0.25) is 0 Å². The fourth-order valence-corrected chi connectivity index (χ4v) is 2.86. The molecule has 0 fully saturated rings. The average Bonchev–Trinajstić information content (AvgIpc) is 2.93. The summed E-state index contributed by atoms with van der Waals surface area (Å²) >= 11 is 1.49. The van der Waals surface area contributed by atoms with Crippen LogP contribution >= 0.6 is 11.3 Å². The summed E-state index contributed by atoms with van der Waals surface area (Å²) in [6, 6.07) is 12.9. The van der Waals surface area contributed by atoms with E-state index in [0.29, 0.717) is 12.2 Å². The molecular weight excluding hydrogens is 273 g/mol. The van der Waals surface area contributed by atoms with Gasteiger partial charge in [0, 0.05) is 17.0 Å². The van der Waals surface area contributed by atoms with Crippen molar-refractivity contribution in [1.82, 2.24) is 9.97 Å². The minimum atomic E-state index is -0.354. The molecule has 3 aromatic rings. The van der Waals surface area contributed by atoms with Gasteiger partial charge in [-0.2, -0.15) is 0 Å². The second-order valence-corrected chi connectivity index (χ2v) is 5.31. The normalized spacial score (nSPS) is 10.7. The molecule has 20 heavy (non-hydrogen) atoms. The first-order valence-electron chi connectivity index (χ1n) is 6.15. The Morgan fingerprint density at radius 1 is 1.10 bits per heavy atom. The topological polar surface area (TPSA) is 51.8 Å². The average molecular weight is 285 g/mol. The van der Waals surface area contributed by atoms with Gasteiger partial charge >= 0.3 is 0 Å². The largest absolute Gasteiger partial charge is 0.326 e. The van der Waals surface area contributed by atoms with Gasteiger partial charge in [-0.25, -0.2) is 9.37 Å². The first-order valence-corrected chi connectivity index (χ1v) is 6.96. The van der Waals surface area contributed by atoms with E-state index in [1.54, 1.807) is 6.07 Å². The number of pyridine rings is 1. The molecule has 2 N–H and O–H groups in total. The maximum atomic E-state index is 12.9. The van der Waals surface area contributed by atoms with Crippen molar-refractivity contribution >= 4 is 11.3 Å². The number of aromatic nitrogens is 2. The number of hydrogen-bond acceptors (Lipinski definition) is 4. The van der Waals surface area contributed by atoms with Crippen molar-refractivity contribution in [2.45, 2.75) is 6.54 Å². The minimum absolute atomic E-state index is 0.354. The van der Waals surface area contributed by atoms with Gasteiger partial charge in [-0.05, 0) is 12.1 Å². The fraction of sp³-hybridized carbons (Fsp3) is 0.0667. The number of benzene rings is 1. The fourth-order valence-electron chi connectivity index (χ4n) is 1.92. The molecule has 0 saturated carbocycles. The molecular formula is C15H12FN3S. The molecule has 0 aliphatic carbocycles. The number of thiazole rings is 1. The van der Waals surface area contributed by atoms with E-state index in [-0.39, 0.29) is 5.82 Å². The summed E-state index contributed by atoms with van der Waals surface area (Å²) in [5.41, 5.74) is 8.35. The van der Waals surface area contributed by atoms with Crippen molar-refractivity contribution in [3.8, 4) is 22.0 Å². The van der Waals surface area contributed by atoms with Crippen molar-refractivity contribution in [2.75, 3.05) is 0 Å². The molecule has 2 aromatic heterocycles. The molecule has 2 heterocycles. The quantitative estimate of drug-likeness (QED) is 0.801. The van der Waals surface area contributed by atoms with E-state index in [2.05, 4.69) is 9.97 Å². The lowest BCUT2D eigenvalue weighted by Crippen LogP contribution is -1.95. The van der Waals surface area contributed by atoms with Crippen LogP contribution < -0.4 is 5.73 Å². The zero-order valence-corrected chi connectivity index (χ0v) is 11.4. The second kappa shape index (κ2) is 5.48. The van der Waals surface area contributed by atoms with Crippen molar-refractivity contribution in [1.29, 1.82) is 0 Å². The lowest BCUT2D eigenvalue weighted by Gasteiger charge is -1.98. The van der Waals surface area contributed by atoms with Crippen molar-refractivity contribution in [3.05, 3.63) is 59.4 Å². The lowest BCUT2D eigenvalue weighted by atomic mass is 10.1. The summed E-state index contributed by atoms with van der Waals surface area (Å²) < 4.78 is 12.9. The number of nitrogens with zero attached hydrogens (tertiary/aromatic N) is 2. The number of nitrogens with two attached hydrogens (primary N) is 1. The Morgan fingerprint density at radius 2 is 1.90 bits per heavy atom. The molecule has 0 unspecified atom stereocenters. The Morgan fingerprint density at radius 3 is 2.55 bits per heavy atom. The first-order chi connectivity index (χ1) is 9.78. The van der Waals surface area contributed by atoms with Gasteiger partial charge in [0.1, 0.15) is 10.8 Å². The Hall–Kier alpha value is -2.11. The molecule has 0 saturated heterocycles. The summed E-state index contributed by atoms with van der Waals surface area (Å²) in [7, 11) is 0. The molecule has 0 spiro atoms. The Bertz CT molecular complexity index is 708. The zero-order chi connectivity index (χ0) is 13.9. The van der Waals surface area contributed by atoms with Crippen LogP contribution in [-0.4, -0.2) is 9.97 Å². The summed E-state index contributed by atoms with van der Waals surface area (Å²) in [5, 5.41) is 0.754. The zero-order valence-electron chi connectivity index (χ0n) is 10.6. The van der Waals surface area contributed by atoms with Gasteiger partial charge in [0.25, 0.3) is 0 Å². The summed E-state index contributed by atoms with van der Waals surface area (Å²) in [5.74, 6) is -0.354. The molecule has 3 rings (SSSR count). The van der Waals surface area contributed by atoms with E-state index < -0.39 is 0 Å². The third kappa shape index (κ3) is 2.45. The smallest absolute Gasteiger partial charge is 0.142 e. The number of halogens is 1. The SMILES string of the molecule is NCc1sc(-c2ccc(F)cn2)nc1-c1ccccc1. The van der Waals surface area contributed by atoms with Gasteiger partial charge in [0.05, 0.1) is 17.6 Å². The van der Waals surface area contributed by atoms with Crippen molar-refractivity contribution in [3.63, 3.8) is 0 Å². The first kappa shape index (κ1) is 12.9. The standard InChI is InChI=1S/C15H12FN3S/c16-11-6-7-12(18-9-11)15-19-14(13(8-17)20-15)10-4-2-1-3-5-10/h1-7,9H,8,17H2. The van der Waals surface area contributed by atoms with Crippen LogP contribution in [0.25, 0.3) is 22.0 Å². The molecule has 100 valence electrons. The van der Waals surface area contributed by atoms with Crippen LogP contribution in [-0.2, 0) is 6.54 Å².